The predicted octanol–water partition coefficient (Wildman–Crippen LogP) is 2.12. The van der Waals surface area contributed by atoms with Crippen LogP contribution in [0.15, 0.2) is 33.9 Å². The number of fused-ring (bicyclic) bond motifs is 1. The molecule has 5 nitrogen and oxygen atoms in total. The maximum absolute atomic E-state index is 12.1. The molecule has 0 bridgehead atoms. The van der Waals surface area contributed by atoms with Gasteiger partial charge in [0, 0.05) is 6.07 Å². The lowest BCUT2D eigenvalue weighted by Crippen LogP contribution is -2.41. The smallest absolute Gasteiger partial charge is 0.253 e. The van der Waals surface area contributed by atoms with Gasteiger partial charge in [-0.2, -0.15) is 0 Å². The molecular formula is C14H15N3O2. The van der Waals surface area contributed by atoms with Crippen molar-refractivity contribution >= 4 is 22.8 Å². The van der Waals surface area contributed by atoms with E-state index >= 15 is 0 Å². The number of pyridine rings is 1. The number of aromatic nitrogens is 1. The van der Waals surface area contributed by atoms with Crippen LogP contribution in [-0.2, 0) is 4.79 Å². The van der Waals surface area contributed by atoms with Crippen molar-refractivity contribution in [1.82, 2.24) is 10.3 Å². The SMILES string of the molecule is CC(C)C1(C)N=C(c2ccc3occc3n2)NC1=O. The van der Waals surface area contributed by atoms with Crippen LogP contribution in [0.3, 0.4) is 0 Å². The van der Waals surface area contributed by atoms with Crippen LogP contribution >= 0.6 is 0 Å². The number of furan rings is 1. The van der Waals surface area contributed by atoms with Gasteiger partial charge in [0.1, 0.15) is 16.7 Å². The quantitative estimate of drug-likeness (QED) is 0.896. The van der Waals surface area contributed by atoms with Crippen molar-refractivity contribution in [3.05, 3.63) is 30.2 Å². The Morgan fingerprint density at radius 3 is 2.79 bits per heavy atom. The van der Waals surface area contributed by atoms with E-state index in [1.54, 1.807) is 18.4 Å². The van der Waals surface area contributed by atoms with Crippen LogP contribution in [0.2, 0.25) is 0 Å². The summed E-state index contributed by atoms with van der Waals surface area (Å²) in [5.41, 5.74) is 1.42. The summed E-state index contributed by atoms with van der Waals surface area (Å²) in [5, 5.41) is 2.82. The molecule has 3 rings (SSSR count). The molecule has 0 aliphatic carbocycles. The fourth-order valence-electron chi connectivity index (χ4n) is 2.04. The molecule has 3 heterocycles. The number of rotatable bonds is 2. The highest BCUT2D eigenvalue weighted by molar-refractivity contribution is 6.14. The average Bonchev–Trinajstić information content (AvgIpc) is 2.94. The predicted molar refractivity (Wildman–Crippen MR) is 71.9 cm³/mol. The topological polar surface area (TPSA) is 67.5 Å². The first-order valence-corrected chi connectivity index (χ1v) is 6.26. The fourth-order valence-corrected chi connectivity index (χ4v) is 2.04. The molecule has 2 aromatic heterocycles. The maximum atomic E-state index is 12.1. The Hall–Kier alpha value is -2.17. The van der Waals surface area contributed by atoms with E-state index in [1.807, 2.05) is 26.8 Å². The molecule has 1 N–H and O–H groups in total. The Bertz CT molecular complexity index is 687. The monoisotopic (exact) mass is 257 g/mol. The zero-order chi connectivity index (χ0) is 13.6. The molecule has 2 aromatic rings. The molecule has 1 aliphatic rings. The largest absolute Gasteiger partial charge is 0.463 e. The molecule has 0 fully saturated rings. The van der Waals surface area contributed by atoms with Crippen LogP contribution in [0.4, 0.5) is 0 Å². The van der Waals surface area contributed by atoms with Crippen molar-refractivity contribution in [3.8, 4) is 0 Å². The van der Waals surface area contributed by atoms with E-state index < -0.39 is 5.54 Å². The van der Waals surface area contributed by atoms with Gasteiger partial charge in [0.2, 0.25) is 0 Å². The molecule has 5 heteroatoms. The molecular weight excluding hydrogens is 242 g/mol. The molecule has 1 atom stereocenters. The molecule has 1 amide bonds. The van der Waals surface area contributed by atoms with E-state index in [4.69, 9.17) is 4.42 Å². The summed E-state index contributed by atoms with van der Waals surface area (Å²) in [5.74, 6) is 0.582. The number of hydrogen-bond donors (Lipinski definition) is 1. The summed E-state index contributed by atoms with van der Waals surface area (Å²) in [6.07, 6.45) is 1.59. The Balaban J connectivity index is 2.05. The van der Waals surface area contributed by atoms with Crippen molar-refractivity contribution in [2.75, 3.05) is 0 Å². The Morgan fingerprint density at radius 2 is 2.11 bits per heavy atom. The number of carbonyl (C=O) groups is 1. The third-order valence-electron chi connectivity index (χ3n) is 3.71. The number of nitrogens with one attached hydrogen (secondary N) is 1. The Labute approximate surface area is 110 Å². The van der Waals surface area contributed by atoms with Gasteiger partial charge in [-0.05, 0) is 25.0 Å². The lowest BCUT2D eigenvalue weighted by molar-refractivity contribution is -0.124. The third kappa shape index (κ3) is 1.73. The third-order valence-corrected chi connectivity index (χ3v) is 3.71. The van der Waals surface area contributed by atoms with Gasteiger partial charge in [-0.3, -0.25) is 4.79 Å². The number of carbonyl (C=O) groups excluding carboxylic acids is 1. The first kappa shape index (κ1) is 11.9. The van der Waals surface area contributed by atoms with Gasteiger partial charge in [0.25, 0.3) is 5.91 Å². The van der Waals surface area contributed by atoms with Crippen molar-refractivity contribution in [2.24, 2.45) is 10.9 Å². The second-order valence-electron chi connectivity index (χ2n) is 5.22. The van der Waals surface area contributed by atoms with Crippen LogP contribution in [-0.4, -0.2) is 22.3 Å². The summed E-state index contributed by atoms with van der Waals surface area (Å²) < 4.78 is 5.25. The number of nitrogens with zero attached hydrogens (tertiary/aromatic N) is 2. The number of hydrogen-bond acceptors (Lipinski definition) is 4. The molecule has 19 heavy (non-hydrogen) atoms. The summed E-state index contributed by atoms with van der Waals surface area (Å²) in [6.45, 7) is 5.81. The van der Waals surface area contributed by atoms with E-state index in [-0.39, 0.29) is 11.8 Å². The lowest BCUT2D eigenvalue weighted by atomic mass is 9.89. The molecule has 0 aromatic carbocycles. The molecule has 1 unspecified atom stereocenters. The molecule has 98 valence electrons. The van der Waals surface area contributed by atoms with Crippen molar-refractivity contribution in [3.63, 3.8) is 0 Å². The van der Waals surface area contributed by atoms with Crippen molar-refractivity contribution in [2.45, 2.75) is 26.3 Å². The molecule has 0 radical (unpaired) electrons. The van der Waals surface area contributed by atoms with Crippen LogP contribution in [0.1, 0.15) is 26.5 Å². The van der Waals surface area contributed by atoms with Gasteiger partial charge in [-0.1, -0.05) is 13.8 Å². The zero-order valence-corrected chi connectivity index (χ0v) is 11.1. The van der Waals surface area contributed by atoms with Gasteiger partial charge >= 0.3 is 0 Å². The summed E-state index contributed by atoms with van der Waals surface area (Å²) in [7, 11) is 0. The summed E-state index contributed by atoms with van der Waals surface area (Å²) in [4.78, 5) is 21.0. The van der Waals surface area contributed by atoms with Gasteiger partial charge in [-0.25, -0.2) is 9.98 Å². The van der Waals surface area contributed by atoms with E-state index in [9.17, 15) is 4.79 Å². The van der Waals surface area contributed by atoms with E-state index in [0.717, 1.165) is 11.1 Å². The average molecular weight is 257 g/mol. The van der Waals surface area contributed by atoms with Gasteiger partial charge < -0.3 is 9.73 Å². The van der Waals surface area contributed by atoms with Gasteiger partial charge in [0.15, 0.2) is 11.4 Å². The lowest BCUT2D eigenvalue weighted by Gasteiger charge is -2.21. The standard InChI is InChI=1S/C14H15N3O2/c1-8(2)14(3)13(18)16-12(17-14)10-4-5-11-9(15-10)6-7-19-11/h4-8H,1-3H3,(H,16,17,18). The highest BCUT2D eigenvalue weighted by Crippen LogP contribution is 2.26. The maximum Gasteiger partial charge on any atom is 0.253 e. The molecule has 1 aliphatic heterocycles. The van der Waals surface area contributed by atoms with Crippen LogP contribution in [0.5, 0.6) is 0 Å². The first-order valence-electron chi connectivity index (χ1n) is 6.26. The highest BCUT2D eigenvalue weighted by atomic mass is 16.3. The minimum Gasteiger partial charge on any atom is -0.463 e. The van der Waals surface area contributed by atoms with Crippen LogP contribution in [0.25, 0.3) is 11.1 Å². The van der Waals surface area contributed by atoms with Crippen molar-refractivity contribution < 1.29 is 9.21 Å². The molecule has 0 saturated heterocycles. The number of amides is 1. The van der Waals surface area contributed by atoms with Crippen LogP contribution < -0.4 is 5.32 Å². The zero-order valence-electron chi connectivity index (χ0n) is 11.1. The minimum absolute atomic E-state index is 0.0772. The first-order chi connectivity index (χ1) is 9.00. The normalized spacial score (nSPS) is 22.9. The van der Waals surface area contributed by atoms with E-state index in [2.05, 4.69) is 15.3 Å². The molecule has 0 spiro atoms. The fraction of sp³-hybridized carbons (Fsp3) is 0.357. The highest BCUT2D eigenvalue weighted by Gasteiger charge is 2.42. The van der Waals surface area contributed by atoms with Crippen LogP contribution in [0, 0.1) is 5.92 Å². The second kappa shape index (κ2) is 3.91. The van der Waals surface area contributed by atoms with Gasteiger partial charge in [0.05, 0.1) is 6.26 Å². The second-order valence-corrected chi connectivity index (χ2v) is 5.22. The van der Waals surface area contributed by atoms with E-state index in [0.29, 0.717) is 11.5 Å². The Kier molecular flexibility index (Phi) is 2.45. The molecule has 0 saturated carbocycles. The minimum atomic E-state index is -0.720. The summed E-state index contributed by atoms with van der Waals surface area (Å²) >= 11 is 0. The number of aliphatic imine (C=N–C) groups is 1. The Morgan fingerprint density at radius 1 is 1.32 bits per heavy atom. The van der Waals surface area contributed by atoms with Gasteiger partial charge in [-0.15, -0.1) is 0 Å². The number of amidine groups is 1. The van der Waals surface area contributed by atoms with E-state index in [1.165, 1.54) is 0 Å². The summed E-state index contributed by atoms with van der Waals surface area (Å²) in [6, 6.07) is 5.42. The van der Waals surface area contributed by atoms with Crippen molar-refractivity contribution in [1.29, 1.82) is 0 Å².